The van der Waals surface area contributed by atoms with E-state index in [1.165, 1.54) is 0 Å². The minimum Gasteiger partial charge on any atom is -0.394 e. The molecule has 3 heteroatoms. The fourth-order valence-corrected chi connectivity index (χ4v) is 2.30. The second-order valence-electron chi connectivity index (χ2n) is 4.45. The predicted molar refractivity (Wildman–Crippen MR) is 61.8 cm³/mol. The van der Waals surface area contributed by atoms with Gasteiger partial charge in [0, 0.05) is 13.0 Å². The van der Waals surface area contributed by atoms with Crippen LogP contribution in [0, 0.1) is 0 Å². The van der Waals surface area contributed by atoms with Gasteiger partial charge in [0.15, 0.2) is 0 Å². The molecule has 0 aromatic heterocycles. The van der Waals surface area contributed by atoms with E-state index in [2.05, 4.69) is 0 Å². The average molecular weight is 219 g/mol. The third-order valence-electron chi connectivity index (χ3n) is 3.37. The highest BCUT2D eigenvalue weighted by Gasteiger charge is 2.38. The molecule has 0 bridgehead atoms. The number of nitrogens with zero attached hydrogens (tertiary/aromatic N) is 1. The van der Waals surface area contributed by atoms with Gasteiger partial charge in [-0.1, -0.05) is 30.3 Å². The smallest absolute Gasteiger partial charge is 0.223 e. The molecule has 1 aromatic rings. The van der Waals surface area contributed by atoms with E-state index in [9.17, 15) is 9.90 Å². The van der Waals surface area contributed by atoms with Crippen LogP contribution in [0.5, 0.6) is 0 Å². The topological polar surface area (TPSA) is 40.5 Å². The lowest BCUT2D eigenvalue weighted by atomic mass is 9.91. The Morgan fingerprint density at radius 1 is 1.38 bits per heavy atom. The molecule has 16 heavy (non-hydrogen) atoms. The Morgan fingerprint density at radius 2 is 2.06 bits per heavy atom. The molecule has 1 amide bonds. The maximum absolute atomic E-state index is 11.8. The predicted octanol–water partition coefficient (Wildman–Crippen LogP) is 1.52. The van der Waals surface area contributed by atoms with Crippen molar-refractivity contribution in [3.63, 3.8) is 0 Å². The van der Waals surface area contributed by atoms with Gasteiger partial charge in [0.1, 0.15) is 0 Å². The van der Waals surface area contributed by atoms with E-state index in [0.717, 1.165) is 18.5 Å². The van der Waals surface area contributed by atoms with Crippen molar-refractivity contribution in [2.45, 2.75) is 25.3 Å². The molecule has 2 rings (SSSR count). The molecule has 1 aliphatic rings. The zero-order chi connectivity index (χ0) is 11.6. The van der Waals surface area contributed by atoms with Gasteiger partial charge < -0.3 is 10.0 Å². The summed E-state index contributed by atoms with van der Waals surface area (Å²) in [5.74, 6) is 0.139. The molecule has 0 radical (unpaired) electrons. The molecule has 1 aromatic carbocycles. The number of amides is 1. The van der Waals surface area contributed by atoms with Crippen molar-refractivity contribution in [3.8, 4) is 0 Å². The first-order valence-corrected chi connectivity index (χ1v) is 5.65. The lowest BCUT2D eigenvalue weighted by Gasteiger charge is -2.37. The van der Waals surface area contributed by atoms with Crippen LogP contribution in [0.15, 0.2) is 30.3 Å². The Kier molecular flexibility index (Phi) is 2.97. The number of rotatable bonds is 3. The van der Waals surface area contributed by atoms with Crippen molar-refractivity contribution in [1.29, 1.82) is 0 Å². The number of likely N-dealkylation sites (tertiary alicyclic amines) is 1. The summed E-state index contributed by atoms with van der Waals surface area (Å²) in [7, 11) is 0. The Bertz CT molecular complexity index is 377. The van der Waals surface area contributed by atoms with Crippen LogP contribution in [0.4, 0.5) is 0 Å². The molecule has 1 heterocycles. The highest BCUT2D eigenvalue weighted by Crippen LogP contribution is 2.31. The lowest BCUT2D eigenvalue weighted by molar-refractivity contribution is -0.134. The number of benzene rings is 1. The summed E-state index contributed by atoms with van der Waals surface area (Å²) in [4.78, 5) is 13.6. The van der Waals surface area contributed by atoms with Crippen LogP contribution in [0.1, 0.15) is 25.3 Å². The standard InChI is InChI=1S/C13H17NO2/c1-13(10-15,11-6-3-2-4-7-11)14-9-5-8-12(14)16/h2-4,6-7,15H,5,8-10H2,1H3. The molecule has 86 valence electrons. The Balaban J connectivity index is 2.35. The fraction of sp³-hybridized carbons (Fsp3) is 0.462. The van der Waals surface area contributed by atoms with Gasteiger partial charge in [-0.15, -0.1) is 0 Å². The minimum absolute atomic E-state index is 0.0389. The molecule has 1 N–H and O–H groups in total. The van der Waals surface area contributed by atoms with Crippen molar-refractivity contribution in [3.05, 3.63) is 35.9 Å². The first-order valence-electron chi connectivity index (χ1n) is 5.65. The van der Waals surface area contributed by atoms with Gasteiger partial charge in [-0.3, -0.25) is 4.79 Å². The van der Waals surface area contributed by atoms with Crippen LogP contribution in [0.2, 0.25) is 0 Å². The van der Waals surface area contributed by atoms with Gasteiger partial charge >= 0.3 is 0 Å². The van der Waals surface area contributed by atoms with Gasteiger partial charge in [0.2, 0.25) is 5.91 Å². The molecule has 1 saturated heterocycles. The molecule has 0 spiro atoms. The highest BCUT2D eigenvalue weighted by atomic mass is 16.3. The lowest BCUT2D eigenvalue weighted by Crippen LogP contribution is -2.47. The van der Waals surface area contributed by atoms with Gasteiger partial charge in [-0.2, -0.15) is 0 Å². The summed E-state index contributed by atoms with van der Waals surface area (Å²) in [6, 6.07) is 9.73. The second kappa shape index (κ2) is 4.26. The first-order chi connectivity index (χ1) is 7.68. The van der Waals surface area contributed by atoms with E-state index in [1.54, 1.807) is 4.90 Å². The molecule has 1 fully saturated rings. The molecule has 0 saturated carbocycles. The largest absolute Gasteiger partial charge is 0.394 e. The molecule has 1 atom stereocenters. The number of aliphatic hydroxyl groups excluding tert-OH is 1. The van der Waals surface area contributed by atoms with Gasteiger partial charge in [0.05, 0.1) is 12.1 Å². The van der Waals surface area contributed by atoms with Crippen LogP contribution in [0.25, 0.3) is 0 Å². The van der Waals surface area contributed by atoms with Crippen molar-refractivity contribution in [1.82, 2.24) is 4.90 Å². The van der Waals surface area contributed by atoms with E-state index in [1.807, 2.05) is 37.3 Å². The maximum atomic E-state index is 11.8. The number of hydrogen-bond donors (Lipinski definition) is 1. The third kappa shape index (κ3) is 1.71. The fourth-order valence-electron chi connectivity index (χ4n) is 2.30. The maximum Gasteiger partial charge on any atom is 0.223 e. The van der Waals surface area contributed by atoms with Crippen LogP contribution in [0.3, 0.4) is 0 Å². The summed E-state index contributed by atoms with van der Waals surface area (Å²) in [6.45, 7) is 2.62. The summed E-state index contributed by atoms with van der Waals surface area (Å²) in [5.41, 5.74) is 0.419. The van der Waals surface area contributed by atoms with E-state index in [4.69, 9.17) is 0 Å². The number of carbonyl (C=O) groups excluding carboxylic acids is 1. The number of hydrogen-bond acceptors (Lipinski definition) is 2. The summed E-state index contributed by atoms with van der Waals surface area (Å²) in [5, 5.41) is 9.62. The van der Waals surface area contributed by atoms with Crippen molar-refractivity contribution < 1.29 is 9.90 Å². The summed E-state index contributed by atoms with van der Waals surface area (Å²) >= 11 is 0. The van der Waals surface area contributed by atoms with Crippen LogP contribution in [-0.2, 0) is 10.3 Å². The zero-order valence-electron chi connectivity index (χ0n) is 9.52. The van der Waals surface area contributed by atoms with E-state index in [0.29, 0.717) is 6.42 Å². The van der Waals surface area contributed by atoms with Crippen molar-refractivity contribution >= 4 is 5.91 Å². The molecule has 1 aliphatic heterocycles. The summed E-state index contributed by atoms with van der Waals surface area (Å²) in [6.07, 6.45) is 1.49. The third-order valence-corrected chi connectivity index (χ3v) is 3.37. The number of aliphatic hydroxyl groups is 1. The van der Waals surface area contributed by atoms with E-state index >= 15 is 0 Å². The SMILES string of the molecule is CC(CO)(c1ccccc1)N1CCCC1=O. The Hall–Kier alpha value is -1.35. The van der Waals surface area contributed by atoms with Crippen LogP contribution in [-0.4, -0.2) is 29.1 Å². The van der Waals surface area contributed by atoms with E-state index < -0.39 is 5.54 Å². The molecule has 0 aliphatic carbocycles. The van der Waals surface area contributed by atoms with Crippen LogP contribution >= 0.6 is 0 Å². The van der Waals surface area contributed by atoms with Gasteiger partial charge in [-0.05, 0) is 18.9 Å². The second-order valence-corrected chi connectivity index (χ2v) is 4.45. The number of carbonyl (C=O) groups is 1. The van der Waals surface area contributed by atoms with Crippen molar-refractivity contribution in [2.75, 3.05) is 13.2 Å². The van der Waals surface area contributed by atoms with E-state index in [-0.39, 0.29) is 12.5 Å². The Labute approximate surface area is 95.7 Å². The monoisotopic (exact) mass is 219 g/mol. The van der Waals surface area contributed by atoms with Crippen molar-refractivity contribution in [2.24, 2.45) is 0 Å². The Morgan fingerprint density at radius 3 is 2.56 bits per heavy atom. The average Bonchev–Trinajstić information content (AvgIpc) is 2.76. The molecular formula is C13H17NO2. The van der Waals surface area contributed by atoms with Crippen LogP contribution < -0.4 is 0 Å². The minimum atomic E-state index is -0.575. The van der Waals surface area contributed by atoms with Gasteiger partial charge in [0.25, 0.3) is 0 Å². The molecule has 3 nitrogen and oxygen atoms in total. The zero-order valence-corrected chi connectivity index (χ0v) is 9.52. The molecule has 1 unspecified atom stereocenters. The quantitative estimate of drug-likeness (QED) is 0.837. The first kappa shape index (κ1) is 11.1. The highest BCUT2D eigenvalue weighted by molar-refractivity contribution is 5.79. The molecular weight excluding hydrogens is 202 g/mol. The normalized spacial score (nSPS) is 19.9. The van der Waals surface area contributed by atoms with Gasteiger partial charge in [-0.25, -0.2) is 0 Å². The summed E-state index contributed by atoms with van der Waals surface area (Å²) < 4.78 is 0.